The van der Waals surface area contributed by atoms with Gasteiger partial charge in [0.05, 0.1) is 51.3 Å². The molecule has 15 nitrogen and oxygen atoms in total. The van der Waals surface area contributed by atoms with Crippen molar-refractivity contribution in [2.75, 3.05) is 39.6 Å². The minimum Gasteiger partial charge on any atom is -0.463 e. The van der Waals surface area contributed by atoms with Crippen LogP contribution in [0.5, 0.6) is 11.5 Å². The van der Waals surface area contributed by atoms with Crippen molar-refractivity contribution in [1.29, 1.82) is 5.26 Å². The van der Waals surface area contributed by atoms with E-state index in [1.54, 1.807) is 12.1 Å². The number of nitrogens with zero attached hydrogens (tertiary/aromatic N) is 1. The van der Waals surface area contributed by atoms with Crippen molar-refractivity contribution < 1.29 is 66.7 Å². The third-order valence-corrected chi connectivity index (χ3v) is 17.8. The summed E-state index contributed by atoms with van der Waals surface area (Å²) in [4.78, 5) is 75.8. The minimum atomic E-state index is -0.910. The summed E-state index contributed by atoms with van der Waals surface area (Å²) in [5.74, 6) is -0.778. The number of unbranched alkanes of at least 4 members (excludes halogenated alkanes) is 4. The molecule has 4 saturated carbocycles. The van der Waals surface area contributed by atoms with Crippen LogP contribution in [0.25, 0.3) is 0 Å². The lowest BCUT2D eigenvalue weighted by Gasteiger charge is -2.37. The number of ether oxygens (including phenoxy) is 8. The second-order valence-corrected chi connectivity index (χ2v) is 22.3. The molecule has 1 heterocycles. The smallest absolute Gasteiger partial charge is 0.350 e. The molecular formula is C57H75NO14S2. The number of fused-ring (bicyclic) bond motifs is 1. The Kier molecular flexibility index (Phi) is 24.6. The Morgan fingerprint density at radius 1 is 0.486 bits per heavy atom. The van der Waals surface area contributed by atoms with E-state index in [-0.39, 0.29) is 70.5 Å². The molecule has 4 aliphatic carbocycles. The number of hydrogen-bond acceptors (Lipinski definition) is 17. The number of nitriles is 1. The molecule has 0 N–H and O–H groups in total. The highest BCUT2D eigenvalue weighted by Crippen LogP contribution is 2.59. The van der Waals surface area contributed by atoms with Crippen molar-refractivity contribution in [3.63, 3.8) is 0 Å². The van der Waals surface area contributed by atoms with Crippen LogP contribution in [0.4, 0.5) is 0 Å². The van der Waals surface area contributed by atoms with Gasteiger partial charge in [-0.15, -0.1) is 0 Å². The third-order valence-electron chi connectivity index (χ3n) is 15.2. The first kappa shape index (κ1) is 58.4. The van der Waals surface area contributed by atoms with Gasteiger partial charge in [0.2, 0.25) is 0 Å². The van der Waals surface area contributed by atoms with Gasteiger partial charge in [-0.1, -0.05) is 43.3 Å². The molecule has 17 heteroatoms. The van der Waals surface area contributed by atoms with Crippen molar-refractivity contribution in [2.45, 2.75) is 163 Å². The first-order valence-corrected chi connectivity index (χ1v) is 28.5. The Labute approximate surface area is 445 Å². The minimum absolute atomic E-state index is 0.218. The second-order valence-electron chi connectivity index (χ2n) is 20.0. The highest BCUT2D eigenvalue weighted by Gasteiger charge is 2.38. The molecule has 4 fully saturated rings. The number of benzene rings is 1. The predicted octanol–water partition coefficient (Wildman–Crippen LogP) is 11.3. The van der Waals surface area contributed by atoms with E-state index in [0.29, 0.717) is 59.9 Å². The monoisotopic (exact) mass is 1060 g/mol. The maximum Gasteiger partial charge on any atom is 0.350 e. The van der Waals surface area contributed by atoms with Crippen molar-refractivity contribution in [1.82, 2.24) is 0 Å². The highest BCUT2D eigenvalue weighted by atomic mass is 32.2. The van der Waals surface area contributed by atoms with Gasteiger partial charge in [0, 0.05) is 31.4 Å². The normalized spacial score (nSPS) is 24.4. The van der Waals surface area contributed by atoms with E-state index in [9.17, 15) is 34.0 Å². The average molecular weight is 1060 g/mol. The number of carbonyl (C=O) groups excluding carboxylic acids is 6. The van der Waals surface area contributed by atoms with E-state index >= 15 is 0 Å². The van der Waals surface area contributed by atoms with E-state index in [1.807, 2.05) is 6.07 Å². The maximum absolute atomic E-state index is 13.9. The summed E-state index contributed by atoms with van der Waals surface area (Å²) < 4.78 is 45.2. The Morgan fingerprint density at radius 3 is 1.22 bits per heavy atom. The van der Waals surface area contributed by atoms with E-state index in [1.165, 1.54) is 12.2 Å². The second kappa shape index (κ2) is 31.2. The lowest BCUT2D eigenvalue weighted by molar-refractivity contribution is -0.146. The van der Waals surface area contributed by atoms with Gasteiger partial charge in [-0.2, -0.15) is 5.26 Å². The maximum atomic E-state index is 13.9. The molecule has 74 heavy (non-hydrogen) atoms. The molecule has 0 aromatic heterocycles. The van der Waals surface area contributed by atoms with Crippen LogP contribution < -0.4 is 9.47 Å². The Bertz CT molecular complexity index is 2050. The van der Waals surface area contributed by atoms with Crippen molar-refractivity contribution in [2.24, 2.45) is 35.5 Å². The predicted molar refractivity (Wildman–Crippen MR) is 278 cm³/mol. The largest absolute Gasteiger partial charge is 0.463 e. The number of thioether (sulfide) groups is 2. The summed E-state index contributed by atoms with van der Waals surface area (Å²) >= 11 is 2.18. The topological polar surface area (TPSA) is 200 Å². The molecule has 0 radical (unpaired) electrons. The number of rotatable bonds is 27. The zero-order chi connectivity index (χ0) is 52.7. The van der Waals surface area contributed by atoms with Gasteiger partial charge in [0.25, 0.3) is 0 Å². The van der Waals surface area contributed by atoms with Crippen LogP contribution in [0.1, 0.15) is 141 Å². The Balaban J connectivity index is 0.988. The Hall–Kier alpha value is -4.89. The van der Waals surface area contributed by atoms with E-state index < -0.39 is 23.9 Å². The first-order chi connectivity index (χ1) is 36.0. The number of hydrogen-bond donors (Lipinski definition) is 0. The molecule has 1 aromatic carbocycles. The average Bonchev–Trinajstić information content (AvgIpc) is 3.88. The fraction of sp³-hybridized carbons (Fsp3) is 0.632. The molecular weight excluding hydrogens is 987 g/mol. The van der Waals surface area contributed by atoms with Crippen LogP contribution in [0.2, 0.25) is 0 Å². The standard InChI is InChI=1S/C57H75NO14S2/c1-4-49(59)67-33-11-7-9-31-65-44-25-21-40(22-26-44)38-13-17-42(18-14-38)54(62)71-47-29-30-48(53-52(47)73-57(74-53)46(37-58)56(64)70-36-35-69-51(61)6-3)72-55(63)43-19-15-39(16-20-43)41-23-27-45(28-24-41)66-32-10-8-12-34-68-50(60)5-2/h4-6,29-30,38-45H,1-3,7-28,31-36H2. The van der Waals surface area contributed by atoms with E-state index in [2.05, 4.69) is 19.7 Å². The first-order valence-electron chi connectivity index (χ1n) is 26.9. The molecule has 404 valence electrons. The van der Waals surface area contributed by atoms with Crippen LogP contribution in [0.3, 0.4) is 0 Å². The molecule has 0 unspecified atom stereocenters. The summed E-state index contributed by atoms with van der Waals surface area (Å²) in [5, 5.41) is 10.2. The van der Waals surface area contributed by atoms with E-state index in [0.717, 1.165) is 171 Å². The number of esters is 6. The zero-order valence-electron chi connectivity index (χ0n) is 42.9. The summed E-state index contributed by atoms with van der Waals surface area (Å²) in [7, 11) is 0. The molecule has 6 rings (SSSR count). The van der Waals surface area contributed by atoms with Gasteiger partial charge in [-0.3, -0.25) is 9.59 Å². The van der Waals surface area contributed by atoms with Crippen molar-refractivity contribution >= 4 is 59.3 Å². The molecule has 0 atom stereocenters. The molecule has 0 saturated heterocycles. The third kappa shape index (κ3) is 18.2. The van der Waals surface area contributed by atoms with Gasteiger partial charge in [0.15, 0.2) is 5.57 Å². The fourth-order valence-corrected chi connectivity index (χ4v) is 13.5. The van der Waals surface area contributed by atoms with Gasteiger partial charge in [0.1, 0.15) is 30.8 Å². The Morgan fingerprint density at radius 2 is 0.838 bits per heavy atom. The summed E-state index contributed by atoms with van der Waals surface area (Å²) in [6, 6.07) is 5.21. The van der Waals surface area contributed by atoms with Gasteiger partial charge < -0.3 is 37.9 Å². The van der Waals surface area contributed by atoms with Crippen molar-refractivity contribution in [3.8, 4) is 17.6 Å². The molecule has 0 amide bonds. The molecule has 0 bridgehead atoms. The molecule has 1 aromatic rings. The highest BCUT2D eigenvalue weighted by molar-refractivity contribution is 8.24. The molecule has 5 aliphatic rings. The van der Waals surface area contributed by atoms with Gasteiger partial charge in [-0.25, -0.2) is 19.2 Å². The summed E-state index contributed by atoms with van der Waals surface area (Å²) in [6.45, 7) is 11.9. The summed E-state index contributed by atoms with van der Waals surface area (Å²) in [6.07, 6.45) is 24.4. The fourth-order valence-electron chi connectivity index (χ4n) is 11.0. The van der Waals surface area contributed by atoms with Crippen LogP contribution in [-0.4, -0.2) is 87.7 Å². The summed E-state index contributed by atoms with van der Waals surface area (Å²) in [5.41, 5.74) is -0.278. The lowest BCUT2D eigenvalue weighted by Crippen LogP contribution is -2.31. The van der Waals surface area contributed by atoms with Crippen LogP contribution in [0, 0.1) is 46.8 Å². The van der Waals surface area contributed by atoms with Crippen LogP contribution in [0.15, 0.2) is 69.7 Å². The van der Waals surface area contributed by atoms with Gasteiger partial charge >= 0.3 is 35.8 Å². The zero-order valence-corrected chi connectivity index (χ0v) is 44.5. The van der Waals surface area contributed by atoms with Crippen molar-refractivity contribution in [3.05, 3.63) is 59.9 Å². The van der Waals surface area contributed by atoms with E-state index in [4.69, 9.17) is 37.9 Å². The quantitative estimate of drug-likeness (QED) is 0.0201. The number of carbonyl (C=O) groups is 6. The molecule has 1 aliphatic heterocycles. The van der Waals surface area contributed by atoms with Gasteiger partial charge in [-0.05, 0) is 177 Å². The molecule has 0 spiro atoms. The van der Waals surface area contributed by atoms with Crippen LogP contribution in [-0.2, 0) is 57.2 Å². The van der Waals surface area contributed by atoms with Crippen LogP contribution >= 0.6 is 23.5 Å². The SMILES string of the molecule is C=CC(=O)OCCCCCOC1CCC(C2CCC(C(=O)Oc3ccc(OC(=O)C4CCC(C5CCC(OCCCCCOC(=O)C=C)CC5)CC4)c4c3SC(=C(C#N)C(=O)OCCOC(=O)C=C)S4)CC2)CC1. The lowest BCUT2D eigenvalue weighted by atomic mass is 9.70.